The topological polar surface area (TPSA) is 65.7 Å². The minimum atomic E-state index is -0.247. The maximum atomic E-state index is 13.9. The quantitative estimate of drug-likeness (QED) is 0.155. The van der Waals surface area contributed by atoms with Crippen LogP contribution >= 0.6 is 15.9 Å². The molecule has 6 nitrogen and oxygen atoms in total. The van der Waals surface area contributed by atoms with Gasteiger partial charge in [-0.05, 0) is 85.8 Å². The molecule has 0 aliphatic carbocycles. The summed E-state index contributed by atoms with van der Waals surface area (Å²) in [5, 5.41) is 5.23. The van der Waals surface area contributed by atoms with Gasteiger partial charge in [-0.25, -0.2) is 4.98 Å². The molecule has 0 N–H and O–H groups in total. The zero-order chi connectivity index (χ0) is 29.8. The molecule has 1 heterocycles. The fraction of sp³-hybridized carbons (Fsp3) is 0.229. The predicted octanol–water partition coefficient (Wildman–Crippen LogP) is 8.43. The number of aryl methyl sites for hydroxylation is 2. The second-order valence-electron chi connectivity index (χ2n) is 10.6. The van der Waals surface area contributed by atoms with E-state index < -0.39 is 0 Å². The van der Waals surface area contributed by atoms with E-state index >= 15 is 0 Å². The van der Waals surface area contributed by atoms with Gasteiger partial charge in [0, 0.05) is 15.6 Å². The van der Waals surface area contributed by atoms with Crippen LogP contribution < -0.4 is 15.0 Å². The molecule has 0 aliphatic heterocycles. The molecule has 0 atom stereocenters. The highest BCUT2D eigenvalue weighted by Crippen LogP contribution is 2.34. The molecule has 0 fully saturated rings. The number of hydrogen-bond donors (Lipinski definition) is 0. The summed E-state index contributed by atoms with van der Waals surface area (Å²) in [7, 11) is 0. The van der Waals surface area contributed by atoms with Crippen LogP contribution in [0.2, 0.25) is 0 Å². The maximum absolute atomic E-state index is 13.9. The molecule has 0 radical (unpaired) electrons. The van der Waals surface area contributed by atoms with E-state index in [1.807, 2.05) is 56.3 Å². The van der Waals surface area contributed by atoms with Crippen molar-refractivity contribution in [3.63, 3.8) is 0 Å². The van der Waals surface area contributed by atoms with Crippen LogP contribution in [0.15, 0.2) is 93.2 Å². The number of fused-ring (bicyclic) bond motifs is 1. The molecular formula is C35H34BrN3O3. The normalized spacial score (nSPS) is 11.5. The summed E-state index contributed by atoms with van der Waals surface area (Å²) in [6, 6.07) is 25.4. The lowest BCUT2D eigenvalue weighted by Crippen LogP contribution is -2.21. The summed E-state index contributed by atoms with van der Waals surface area (Å²) < 4.78 is 14.4. The Bertz CT molecular complexity index is 1830. The Labute approximate surface area is 254 Å². The third-order valence-electron chi connectivity index (χ3n) is 7.07. The fourth-order valence-electron chi connectivity index (χ4n) is 4.79. The first kappa shape index (κ1) is 29.3. The number of hydrogen-bond acceptors (Lipinski definition) is 5. The van der Waals surface area contributed by atoms with Crippen LogP contribution in [0.5, 0.6) is 11.5 Å². The number of aromatic nitrogens is 2. The fourth-order valence-corrected chi connectivity index (χ4v) is 5.17. The average Bonchev–Trinajstić information content (AvgIpc) is 2.97. The highest BCUT2D eigenvalue weighted by atomic mass is 79.9. The molecule has 0 amide bonds. The van der Waals surface area contributed by atoms with Gasteiger partial charge in [0.1, 0.15) is 18.1 Å². The number of nitrogens with zero attached hydrogens (tertiary/aromatic N) is 3. The van der Waals surface area contributed by atoms with E-state index in [0.717, 1.165) is 38.0 Å². The average molecular weight is 625 g/mol. The predicted molar refractivity (Wildman–Crippen MR) is 174 cm³/mol. The SMILES string of the molecule is CCOc1cc(C)c(-c2nc3ccccc3c(=O)n2N=Cc2cc(Br)ccc2OCc2ccc(C)cc2)cc1C(C)C. The molecule has 5 rings (SSSR count). The summed E-state index contributed by atoms with van der Waals surface area (Å²) in [5.41, 5.74) is 6.18. The van der Waals surface area contributed by atoms with Gasteiger partial charge in [0.15, 0.2) is 5.82 Å². The molecule has 1 aromatic heterocycles. The minimum absolute atomic E-state index is 0.213. The van der Waals surface area contributed by atoms with Gasteiger partial charge in [-0.15, -0.1) is 0 Å². The smallest absolute Gasteiger partial charge is 0.282 e. The van der Waals surface area contributed by atoms with Crippen LogP contribution in [0.3, 0.4) is 0 Å². The maximum Gasteiger partial charge on any atom is 0.282 e. The molecular weight excluding hydrogens is 590 g/mol. The van der Waals surface area contributed by atoms with Gasteiger partial charge in [0.2, 0.25) is 0 Å². The number of ether oxygens (including phenoxy) is 2. The molecule has 0 saturated carbocycles. The summed E-state index contributed by atoms with van der Waals surface area (Å²) in [5.74, 6) is 2.18. The molecule has 0 spiro atoms. The summed E-state index contributed by atoms with van der Waals surface area (Å²) in [6.45, 7) is 11.3. The highest BCUT2D eigenvalue weighted by Gasteiger charge is 2.19. The van der Waals surface area contributed by atoms with E-state index in [4.69, 9.17) is 19.6 Å². The zero-order valence-electron chi connectivity index (χ0n) is 24.5. The Morgan fingerprint density at radius 2 is 1.71 bits per heavy atom. The number of para-hydroxylation sites is 1. The summed E-state index contributed by atoms with van der Waals surface area (Å²) in [6.07, 6.45) is 1.66. The van der Waals surface area contributed by atoms with Crippen molar-refractivity contribution >= 4 is 33.0 Å². The third kappa shape index (κ3) is 6.31. The van der Waals surface area contributed by atoms with E-state index in [1.165, 1.54) is 10.2 Å². The van der Waals surface area contributed by atoms with Crippen molar-refractivity contribution in [2.45, 2.75) is 47.1 Å². The summed E-state index contributed by atoms with van der Waals surface area (Å²) in [4.78, 5) is 18.8. The van der Waals surface area contributed by atoms with E-state index in [2.05, 4.69) is 67.0 Å². The van der Waals surface area contributed by atoms with Gasteiger partial charge in [0.25, 0.3) is 5.56 Å². The molecule has 4 aromatic carbocycles. The van der Waals surface area contributed by atoms with Crippen molar-refractivity contribution in [2.75, 3.05) is 6.61 Å². The number of halogens is 1. The monoisotopic (exact) mass is 623 g/mol. The molecule has 0 saturated heterocycles. The van der Waals surface area contributed by atoms with Crippen LogP contribution in [0.4, 0.5) is 0 Å². The molecule has 42 heavy (non-hydrogen) atoms. The Kier molecular flexibility index (Phi) is 8.88. The van der Waals surface area contributed by atoms with Crippen LogP contribution in [-0.2, 0) is 6.61 Å². The molecule has 5 aromatic rings. The van der Waals surface area contributed by atoms with Crippen molar-refractivity contribution < 1.29 is 9.47 Å². The minimum Gasteiger partial charge on any atom is -0.494 e. The first-order valence-corrected chi connectivity index (χ1v) is 14.9. The molecule has 7 heteroatoms. The Morgan fingerprint density at radius 3 is 2.45 bits per heavy atom. The van der Waals surface area contributed by atoms with Gasteiger partial charge in [-0.1, -0.05) is 71.7 Å². The second-order valence-corrected chi connectivity index (χ2v) is 11.5. The number of rotatable bonds is 9. The van der Waals surface area contributed by atoms with E-state index in [-0.39, 0.29) is 11.5 Å². The first-order valence-electron chi connectivity index (χ1n) is 14.1. The lowest BCUT2D eigenvalue weighted by Gasteiger charge is -2.18. The van der Waals surface area contributed by atoms with Gasteiger partial charge < -0.3 is 9.47 Å². The van der Waals surface area contributed by atoms with Crippen LogP contribution in [0.25, 0.3) is 22.3 Å². The van der Waals surface area contributed by atoms with Crippen molar-refractivity contribution in [2.24, 2.45) is 5.10 Å². The van der Waals surface area contributed by atoms with Gasteiger partial charge >= 0.3 is 0 Å². The van der Waals surface area contributed by atoms with E-state index in [0.29, 0.717) is 35.7 Å². The Hall–Kier alpha value is -4.23. The first-order chi connectivity index (χ1) is 20.2. The number of benzene rings is 4. The van der Waals surface area contributed by atoms with Crippen molar-refractivity contribution in [1.82, 2.24) is 9.66 Å². The largest absolute Gasteiger partial charge is 0.494 e. The van der Waals surface area contributed by atoms with Gasteiger partial charge in [-0.2, -0.15) is 9.78 Å². The van der Waals surface area contributed by atoms with Gasteiger partial charge in [-0.3, -0.25) is 4.79 Å². The highest BCUT2D eigenvalue weighted by molar-refractivity contribution is 9.10. The van der Waals surface area contributed by atoms with E-state index in [9.17, 15) is 4.79 Å². The third-order valence-corrected chi connectivity index (χ3v) is 7.57. The van der Waals surface area contributed by atoms with Crippen molar-refractivity contribution in [3.8, 4) is 22.9 Å². The van der Waals surface area contributed by atoms with Crippen LogP contribution in [-0.4, -0.2) is 22.5 Å². The van der Waals surface area contributed by atoms with E-state index in [1.54, 1.807) is 12.3 Å². The zero-order valence-corrected chi connectivity index (χ0v) is 26.1. The molecule has 0 unspecified atom stereocenters. The lowest BCUT2D eigenvalue weighted by molar-refractivity contribution is 0.305. The Balaban J connectivity index is 1.63. The lowest BCUT2D eigenvalue weighted by atomic mass is 9.96. The van der Waals surface area contributed by atoms with Crippen LogP contribution in [0, 0.1) is 13.8 Å². The Morgan fingerprint density at radius 1 is 0.952 bits per heavy atom. The standard InChI is InChI=1S/C35H34BrN3O3/c1-6-41-33-17-24(5)30(19-29(33)22(2)3)34-38-31-10-8-7-9-28(31)35(40)39(34)37-20-26-18-27(36)15-16-32(26)42-21-25-13-11-23(4)12-14-25/h7-20,22H,6,21H2,1-5H3. The molecule has 0 bridgehead atoms. The van der Waals surface area contributed by atoms with Crippen molar-refractivity contribution in [3.05, 3.63) is 122 Å². The van der Waals surface area contributed by atoms with Gasteiger partial charge in [0.05, 0.1) is 23.7 Å². The van der Waals surface area contributed by atoms with Crippen molar-refractivity contribution in [1.29, 1.82) is 0 Å². The second kappa shape index (κ2) is 12.7. The summed E-state index contributed by atoms with van der Waals surface area (Å²) >= 11 is 3.57. The molecule has 0 aliphatic rings. The molecule has 214 valence electrons. The van der Waals surface area contributed by atoms with Crippen LogP contribution in [0.1, 0.15) is 54.5 Å².